The van der Waals surface area contributed by atoms with Crippen molar-refractivity contribution in [1.29, 1.82) is 5.26 Å². The van der Waals surface area contributed by atoms with Gasteiger partial charge in [-0.15, -0.1) is 4.99 Å². The molecule has 0 aliphatic rings. The topological polar surface area (TPSA) is 153 Å². The Morgan fingerprint density at radius 3 is 2.86 bits per heavy atom. The fraction of sp³-hybridized carbons (Fsp3) is 0.600. The molecular formula is C15H27ClHgN8O2S. The zero-order chi connectivity index (χ0) is 21.2. The SMILES string of the molecule is CN/C(=N/C#N)NCCSCc1nc[nH]c1C.COC(CNC(N)=O)[CH2][Hg][Cl]. The fourth-order valence-electron chi connectivity index (χ4n) is 1.82. The monoisotopic (exact) mass is 620 g/mol. The summed E-state index contributed by atoms with van der Waals surface area (Å²) in [5.41, 5.74) is 7.08. The van der Waals surface area contributed by atoms with Crippen LogP contribution in [0.4, 0.5) is 4.79 Å². The number of nitriles is 1. The molecule has 13 heteroatoms. The molecule has 28 heavy (non-hydrogen) atoms. The van der Waals surface area contributed by atoms with E-state index < -0.39 is 29.4 Å². The van der Waals surface area contributed by atoms with Gasteiger partial charge in [0.1, 0.15) is 0 Å². The van der Waals surface area contributed by atoms with Crippen LogP contribution >= 0.6 is 20.0 Å². The van der Waals surface area contributed by atoms with Gasteiger partial charge in [0.05, 0.1) is 12.0 Å². The summed E-state index contributed by atoms with van der Waals surface area (Å²) in [5.74, 6) is 2.32. The summed E-state index contributed by atoms with van der Waals surface area (Å²) < 4.78 is 5.97. The Hall–Kier alpha value is -1.22. The van der Waals surface area contributed by atoms with E-state index in [0.29, 0.717) is 12.5 Å². The number of hydrogen-bond acceptors (Lipinski definition) is 6. The minimum atomic E-state index is -1.16. The van der Waals surface area contributed by atoms with Crippen molar-refractivity contribution in [3.8, 4) is 6.19 Å². The number of guanidine groups is 1. The van der Waals surface area contributed by atoms with Crippen LogP contribution in [0.15, 0.2) is 11.3 Å². The number of aromatic amines is 1. The van der Waals surface area contributed by atoms with E-state index in [1.807, 2.05) is 6.92 Å². The first-order valence-electron chi connectivity index (χ1n) is 8.55. The third-order valence-electron chi connectivity index (χ3n) is 3.38. The van der Waals surface area contributed by atoms with E-state index in [4.69, 9.17) is 24.0 Å². The number of halogens is 1. The van der Waals surface area contributed by atoms with Gasteiger partial charge in [-0.05, 0) is 6.92 Å². The number of carbonyl (C=O) groups is 1. The number of imidazole rings is 1. The van der Waals surface area contributed by atoms with E-state index in [1.165, 1.54) is 0 Å². The minimum absolute atomic E-state index is 0.0571. The summed E-state index contributed by atoms with van der Waals surface area (Å²) in [4.78, 5) is 21.1. The summed E-state index contributed by atoms with van der Waals surface area (Å²) in [6.45, 7) is 3.24. The summed E-state index contributed by atoms with van der Waals surface area (Å²) >= 11 is 0.623. The van der Waals surface area contributed by atoms with Crippen molar-refractivity contribution < 1.29 is 32.9 Å². The van der Waals surface area contributed by atoms with Crippen LogP contribution in [0.1, 0.15) is 11.4 Å². The number of nitrogens with one attached hydrogen (secondary N) is 4. The van der Waals surface area contributed by atoms with Crippen LogP contribution in [0.3, 0.4) is 0 Å². The quantitative estimate of drug-likeness (QED) is 0.0859. The van der Waals surface area contributed by atoms with Gasteiger partial charge in [0, 0.05) is 30.8 Å². The molecule has 10 nitrogen and oxygen atoms in total. The van der Waals surface area contributed by atoms with Gasteiger partial charge in [-0.3, -0.25) is 0 Å². The molecule has 1 atom stereocenters. The van der Waals surface area contributed by atoms with Crippen LogP contribution in [0, 0.1) is 18.4 Å². The number of urea groups is 1. The van der Waals surface area contributed by atoms with Crippen LogP contribution in [0.25, 0.3) is 0 Å². The van der Waals surface area contributed by atoms with Crippen molar-refractivity contribution in [2.24, 2.45) is 10.7 Å². The van der Waals surface area contributed by atoms with E-state index in [-0.39, 0.29) is 6.10 Å². The number of primary amides is 1. The van der Waals surface area contributed by atoms with Gasteiger partial charge in [-0.1, -0.05) is 0 Å². The number of ether oxygens (including phenoxy) is 1. The van der Waals surface area contributed by atoms with Crippen molar-refractivity contribution >= 4 is 32.0 Å². The first-order valence-corrected chi connectivity index (χ1v) is 20.4. The molecule has 0 radical (unpaired) electrons. The van der Waals surface area contributed by atoms with E-state index in [2.05, 4.69) is 30.9 Å². The van der Waals surface area contributed by atoms with Crippen LogP contribution in [-0.4, -0.2) is 61.1 Å². The van der Waals surface area contributed by atoms with Gasteiger partial charge < -0.3 is 15.6 Å². The number of carbonyl (C=O) groups excluding carboxylic acids is 1. The molecule has 0 spiro atoms. The number of aliphatic imine (C=N–C) groups is 1. The van der Waals surface area contributed by atoms with Crippen molar-refractivity contribution in [3.05, 3.63) is 17.7 Å². The van der Waals surface area contributed by atoms with Gasteiger partial charge >= 0.3 is 81.9 Å². The zero-order valence-electron chi connectivity index (χ0n) is 16.4. The summed E-state index contributed by atoms with van der Waals surface area (Å²) in [7, 11) is 9.02. The van der Waals surface area contributed by atoms with Gasteiger partial charge in [0.15, 0.2) is 0 Å². The number of aromatic nitrogens is 2. The molecule has 1 aromatic heterocycles. The number of aryl methyl sites for hydroxylation is 1. The Morgan fingerprint density at radius 1 is 1.61 bits per heavy atom. The summed E-state index contributed by atoms with van der Waals surface area (Å²) in [5, 5.41) is 16.7. The number of hydrogen-bond donors (Lipinski definition) is 5. The predicted molar refractivity (Wildman–Crippen MR) is 109 cm³/mol. The second-order valence-electron chi connectivity index (χ2n) is 5.34. The van der Waals surface area contributed by atoms with E-state index >= 15 is 0 Å². The second-order valence-corrected chi connectivity index (χ2v) is 13.5. The molecule has 0 aliphatic heterocycles. The van der Waals surface area contributed by atoms with E-state index in [0.717, 1.165) is 33.4 Å². The first kappa shape index (κ1) is 26.8. The van der Waals surface area contributed by atoms with E-state index in [1.54, 1.807) is 38.4 Å². The molecule has 0 aliphatic carbocycles. The molecule has 0 aromatic carbocycles. The molecule has 0 bridgehead atoms. The Bertz CT molecular complexity index is 625. The molecular weight excluding hydrogens is 592 g/mol. The third kappa shape index (κ3) is 13.9. The molecule has 1 unspecified atom stereocenters. The summed E-state index contributed by atoms with van der Waals surface area (Å²) in [6, 6.07) is -0.515. The molecule has 6 N–H and O–H groups in total. The van der Waals surface area contributed by atoms with Gasteiger partial charge in [-0.2, -0.15) is 17.0 Å². The average molecular weight is 620 g/mol. The summed E-state index contributed by atoms with van der Waals surface area (Å²) in [6.07, 6.45) is 3.50. The normalized spacial score (nSPS) is 11.3. The van der Waals surface area contributed by atoms with Crippen molar-refractivity contribution in [2.75, 3.05) is 33.0 Å². The Morgan fingerprint density at radius 2 is 2.36 bits per heavy atom. The first-order chi connectivity index (χ1) is 13.5. The van der Waals surface area contributed by atoms with E-state index in [9.17, 15) is 4.79 Å². The number of rotatable bonds is 10. The molecule has 1 rings (SSSR count). The Balaban J connectivity index is 0.000000576. The number of thioether (sulfide) groups is 1. The number of methoxy groups -OCH3 is 1. The second kappa shape index (κ2) is 17.8. The zero-order valence-corrected chi connectivity index (χ0v) is 23.5. The number of nitrogens with zero attached hydrogens (tertiary/aromatic N) is 3. The van der Waals surface area contributed by atoms with Gasteiger partial charge in [0.25, 0.3) is 0 Å². The average Bonchev–Trinajstić information content (AvgIpc) is 3.09. The maximum atomic E-state index is 10.3. The molecule has 2 amide bonds. The Labute approximate surface area is 185 Å². The predicted octanol–water partition coefficient (Wildman–Crippen LogP) is 0.922. The van der Waals surface area contributed by atoms with Crippen LogP contribution in [-0.2, 0) is 33.8 Å². The van der Waals surface area contributed by atoms with Gasteiger partial charge in [-0.25, -0.2) is 4.98 Å². The molecule has 1 aromatic rings. The fourth-order valence-corrected chi connectivity index (χ4v) is 7.48. The number of nitrogens with two attached hydrogens (primary N) is 1. The third-order valence-corrected chi connectivity index (χ3v) is 9.62. The van der Waals surface area contributed by atoms with Crippen molar-refractivity contribution in [1.82, 2.24) is 25.9 Å². The Kier molecular flexibility index (Phi) is 17.1. The molecule has 1 heterocycles. The maximum absolute atomic E-state index is 10.3. The molecule has 0 fully saturated rings. The van der Waals surface area contributed by atoms with Crippen LogP contribution in [0.2, 0.25) is 3.93 Å². The number of H-pyrrole nitrogens is 1. The molecule has 0 saturated heterocycles. The standard InChI is InChI=1S/C10H16N6S.C5H11N2O2.ClH.Hg/c1-8-9(16-7-15-8)5-17-4-3-13-10(12-2)14-6-11;1-4(9-2)3-7-5(6)8;;/h7H,3-5H2,1-2H3,(H,15,16)(H2,12,13,14);4H,1,3H2,2H3,(H3,6,7,8);1H;/q;;;+1/p-1. The van der Waals surface area contributed by atoms with Crippen molar-refractivity contribution in [2.45, 2.75) is 22.7 Å². The van der Waals surface area contributed by atoms with Crippen molar-refractivity contribution in [3.63, 3.8) is 0 Å². The van der Waals surface area contributed by atoms with Crippen LogP contribution < -0.4 is 21.7 Å². The van der Waals surface area contributed by atoms with Gasteiger partial charge in [0.2, 0.25) is 12.2 Å². The number of amides is 2. The van der Waals surface area contributed by atoms with Crippen LogP contribution in [0.5, 0.6) is 0 Å². The molecule has 0 saturated carbocycles. The molecule has 154 valence electrons.